The van der Waals surface area contributed by atoms with Gasteiger partial charge in [0.25, 0.3) is 0 Å². The second kappa shape index (κ2) is 6.61. The lowest BCUT2D eigenvalue weighted by Crippen LogP contribution is -2.24. The minimum Gasteiger partial charge on any atom is -0.304 e. The molecule has 0 aromatic heterocycles. The molecule has 0 spiro atoms. The molecule has 0 atom stereocenters. The first kappa shape index (κ1) is 11.3. The zero-order chi connectivity index (χ0) is 10.2. The maximum absolute atomic E-state index is 2.48. The Kier molecular flexibility index (Phi) is 5.31. The van der Waals surface area contributed by atoms with E-state index in [2.05, 4.69) is 49.1 Å². The van der Waals surface area contributed by atoms with E-state index in [9.17, 15) is 0 Å². The van der Waals surface area contributed by atoms with Crippen LogP contribution in [0, 0.1) is 0 Å². The summed E-state index contributed by atoms with van der Waals surface area (Å²) in [7, 11) is 0. The van der Waals surface area contributed by atoms with Gasteiger partial charge >= 0.3 is 0 Å². The van der Waals surface area contributed by atoms with Crippen LogP contribution in [0.5, 0.6) is 0 Å². The second-order valence-corrected chi connectivity index (χ2v) is 3.62. The van der Waals surface area contributed by atoms with Crippen LogP contribution in [0.2, 0.25) is 0 Å². The molecule has 1 heteroatoms. The summed E-state index contributed by atoms with van der Waals surface area (Å²) in [5.74, 6) is 0. The Morgan fingerprint density at radius 1 is 1.00 bits per heavy atom. The Hall–Kier alpha value is -0.820. The Morgan fingerprint density at radius 2 is 1.64 bits per heavy atom. The normalized spacial score (nSPS) is 10.8. The Labute approximate surface area is 87.7 Å². The van der Waals surface area contributed by atoms with Crippen molar-refractivity contribution >= 4 is 0 Å². The number of benzene rings is 1. The van der Waals surface area contributed by atoms with Gasteiger partial charge in [-0.1, -0.05) is 44.2 Å². The third kappa shape index (κ3) is 3.93. The van der Waals surface area contributed by atoms with Crippen molar-refractivity contribution in [2.24, 2.45) is 0 Å². The highest BCUT2D eigenvalue weighted by atomic mass is 15.1. The zero-order valence-electron chi connectivity index (χ0n) is 9.37. The van der Waals surface area contributed by atoms with E-state index in [0.717, 1.165) is 0 Å². The van der Waals surface area contributed by atoms with Crippen LogP contribution in [0.3, 0.4) is 0 Å². The van der Waals surface area contributed by atoms with Crippen LogP contribution in [0.4, 0.5) is 0 Å². The van der Waals surface area contributed by atoms with E-state index in [1.165, 1.54) is 38.0 Å². The molecule has 0 saturated heterocycles. The first-order valence-electron chi connectivity index (χ1n) is 5.63. The lowest BCUT2D eigenvalue weighted by atomic mass is 10.1. The van der Waals surface area contributed by atoms with E-state index in [4.69, 9.17) is 0 Å². The third-order valence-electron chi connectivity index (χ3n) is 2.68. The predicted molar refractivity (Wildman–Crippen MR) is 62.6 cm³/mol. The predicted octanol–water partition coefficient (Wildman–Crippen LogP) is 2.96. The number of rotatable bonds is 6. The van der Waals surface area contributed by atoms with Gasteiger partial charge in [-0.25, -0.2) is 0 Å². The Morgan fingerprint density at radius 3 is 2.21 bits per heavy atom. The molecule has 14 heavy (non-hydrogen) atoms. The lowest BCUT2D eigenvalue weighted by Gasteiger charge is -2.17. The molecule has 0 aliphatic rings. The van der Waals surface area contributed by atoms with Gasteiger partial charge in [0.2, 0.25) is 0 Å². The van der Waals surface area contributed by atoms with Crippen molar-refractivity contribution in [1.29, 1.82) is 0 Å². The number of aryl methyl sites for hydroxylation is 1. The molecule has 1 rings (SSSR count). The van der Waals surface area contributed by atoms with E-state index >= 15 is 0 Å². The Balaban J connectivity index is 2.21. The highest BCUT2D eigenvalue weighted by molar-refractivity contribution is 5.14. The van der Waals surface area contributed by atoms with E-state index in [1.807, 2.05) is 0 Å². The quantitative estimate of drug-likeness (QED) is 0.668. The molecular weight excluding hydrogens is 170 g/mol. The summed E-state index contributed by atoms with van der Waals surface area (Å²) in [6.45, 7) is 8.02. The van der Waals surface area contributed by atoms with E-state index in [-0.39, 0.29) is 0 Å². The summed E-state index contributed by atoms with van der Waals surface area (Å²) >= 11 is 0. The molecule has 0 fully saturated rings. The molecule has 0 aliphatic carbocycles. The third-order valence-corrected chi connectivity index (χ3v) is 2.68. The van der Waals surface area contributed by atoms with Gasteiger partial charge in [0.05, 0.1) is 0 Å². The summed E-state index contributed by atoms with van der Waals surface area (Å²) in [6, 6.07) is 10.7. The summed E-state index contributed by atoms with van der Waals surface area (Å²) < 4.78 is 0. The van der Waals surface area contributed by atoms with Gasteiger partial charge in [-0.2, -0.15) is 0 Å². The van der Waals surface area contributed by atoms with E-state index in [1.54, 1.807) is 0 Å². The summed E-state index contributed by atoms with van der Waals surface area (Å²) in [5.41, 5.74) is 1.46. The first-order valence-corrected chi connectivity index (χ1v) is 5.63. The summed E-state index contributed by atoms with van der Waals surface area (Å²) in [6.07, 6.45) is 2.48. The molecule has 0 bridgehead atoms. The Bertz CT molecular complexity index is 226. The fourth-order valence-electron chi connectivity index (χ4n) is 1.69. The minimum atomic E-state index is 1.17. The molecule has 0 unspecified atom stereocenters. The van der Waals surface area contributed by atoms with Crippen molar-refractivity contribution in [3.8, 4) is 0 Å². The molecule has 0 heterocycles. The van der Waals surface area contributed by atoms with Crippen LogP contribution in [0.25, 0.3) is 0 Å². The first-order chi connectivity index (χ1) is 6.86. The molecule has 0 radical (unpaired) electrons. The van der Waals surface area contributed by atoms with Crippen molar-refractivity contribution in [2.45, 2.75) is 26.7 Å². The van der Waals surface area contributed by atoms with Crippen LogP contribution < -0.4 is 0 Å². The summed E-state index contributed by atoms with van der Waals surface area (Å²) in [5, 5.41) is 0. The lowest BCUT2D eigenvalue weighted by molar-refractivity contribution is 0.300. The van der Waals surface area contributed by atoms with E-state index < -0.39 is 0 Å². The standard InChI is InChI=1S/C13H21N/c1-3-14(4-2)12-8-11-13-9-6-5-7-10-13/h5-7,9-10H,3-4,8,11-12H2,1-2H3. The highest BCUT2D eigenvalue weighted by Crippen LogP contribution is 2.03. The number of hydrogen-bond donors (Lipinski definition) is 0. The molecule has 0 saturated carbocycles. The zero-order valence-corrected chi connectivity index (χ0v) is 9.37. The molecule has 1 aromatic rings. The van der Waals surface area contributed by atoms with Gasteiger partial charge in [0.1, 0.15) is 0 Å². The van der Waals surface area contributed by atoms with Crippen molar-refractivity contribution < 1.29 is 0 Å². The molecule has 0 aliphatic heterocycles. The average Bonchev–Trinajstić information content (AvgIpc) is 2.26. The van der Waals surface area contributed by atoms with Crippen LogP contribution in [0.1, 0.15) is 25.8 Å². The molecule has 78 valence electrons. The van der Waals surface area contributed by atoms with Gasteiger partial charge in [-0.3, -0.25) is 0 Å². The smallest absolute Gasteiger partial charge is 0.00158 e. The molecular formula is C13H21N. The number of nitrogens with zero attached hydrogens (tertiary/aromatic N) is 1. The van der Waals surface area contributed by atoms with Crippen LogP contribution in [0.15, 0.2) is 30.3 Å². The van der Waals surface area contributed by atoms with Gasteiger partial charge in [-0.15, -0.1) is 0 Å². The van der Waals surface area contributed by atoms with Crippen molar-refractivity contribution in [3.05, 3.63) is 35.9 Å². The molecule has 0 N–H and O–H groups in total. The van der Waals surface area contributed by atoms with Crippen molar-refractivity contribution in [3.63, 3.8) is 0 Å². The largest absolute Gasteiger partial charge is 0.304 e. The van der Waals surface area contributed by atoms with Crippen molar-refractivity contribution in [1.82, 2.24) is 4.90 Å². The fraction of sp³-hybridized carbons (Fsp3) is 0.538. The van der Waals surface area contributed by atoms with Gasteiger partial charge in [-0.05, 0) is 38.0 Å². The van der Waals surface area contributed by atoms with Crippen LogP contribution in [-0.4, -0.2) is 24.5 Å². The van der Waals surface area contributed by atoms with E-state index in [0.29, 0.717) is 0 Å². The van der Waals surface area contributed by atoms with Crippen molar-refractivity contribution in [2.75, 3.05) is 19.6 Å². The molecule has 1 nitrogen and oxygen atoms in total. The topological polar surface area (TPSA) is 3.24 Å². The maximum atomic E-state index is 2.48. The SMILES string of the molecule is CCN(CC)CCCc1ccccc1. The number of hydrogen-bond acceptors (Lipinski definition) is 1. The van der Waals surface area contributed by atoms with Gasteiger partial charge in [0.15, 0.2) is 0 Å². The van der Waals surface area contributed by atoms with Gasteiger partial charge < -0.3 is 4.90 Å². The molecule has 0 amide bonds. The summed E-state index contributed by atoms with van der Waals surface area (Å²) in [4.78, 5) is 2.48. The van der Waals surface area contributed by atoms with Crippen LogP contribution >= 0.6 is 0 Å². The maximum Gasteiger partial charge on any atom is -0.00158 e. The average molecular weight is 191 g/mol. The highest BCUT2D eigenvalue weighted by Gasteiger charge is 1.98. The monoisotopic (exact) mass is 191 g/mol. The molecule has 1 aromatic carbocycles. The van der Waals surface area contributed by atoms with Crippen LogP contribution in [-0.2, 0) is 6.42 Å². The fourth-order valence-corrected chi connectivity index (χ4v) is 1.69. The second-order valence-electron chi connectivity index (χ2n) is 3.62. The minimum absolute atomic E-state index is 1.17. The van der Waals surface area contributed by atoms with Gasteiger partial charge in [0, 0.05) is 0 Å².